The number of amides is 1. The molecule has 0 bridgehead atoms. The first-order chi connectivity index (χ1) is 17.9. The van der Waals surface area contributed by atoms with Crippen molar-refractivity contribution >= 4 is 34.5 Å². The van der Waals surface area contributed by atoms with Crippen molar-refractivity contribution in [1.29, 1.82) is 0 Å². The highest BCUT2D eigenvalue weighted by Gasteiger charge is 2.47. The predicted octanol–water partition coefficient (Wildman–Crippen LogP) is 1.53. The molecule has 4 unspecified atom stereocenters. The zero-order valence-electron chi connectivity index (χ0n) is 19.9. The normalized spacial score (nSPS) is 21.2. The number of halogens is 1. The van der Waals surface area contributed by atoms with Crippen LogP contribution in [-0.2, 0) is 16.1 Å². The first-order valence-electron chi connectivity index (χ1n) is 11.3. The molecule has 0 spiro atoms. The highest BCUT2D eigenvalue weighted by molar-refractivity contribution is 6.30. The predicted molar refractivity (Wildman–Crippen MR) is 134 cm³/mol. The van der Waals surface area contributed by atoms with E-state index in [2.05, 4.69) is 30.6 Å². The lowest BCUT2D eigenvalue weighted by Crippen LogP contribution is -2.41. The lowest BCUT2D eigenvalue weighted by Gasteiger charge is -2.17. The lowest BCUT2D eigenvalue weighted by atomic mass is 10.1. The molecule has 1 fully saturated rings. The van der Waals surface area contributed by atoms with Crippen LogP contribution in [-0.4, -0.2) is 73.1 Å². The molecule has 1 aliphatic rings. The van der Waals surface area contributed by atoms with E-state index in [0.717, 1.165) is 11.3 Å². The number of nitrogens with zero attached hydrogens (tertiary/aromatic N) is 5. The van der Waals surface area contributed by atoms with Crippen LogP contribution in [0.1, 0.15) is 11.8 Å². The molecule has 0 radical (unpaired) electrons. The summed E-state index contributed by atoms with van der Waals surface area (Å²) in [5, 5.41) is 27.2. The largest absolute Gasteiger partial charge is 0.497 e. The number of hydrogen-bond donors (Lipinski definition) is 4. The van der Waals surface area contributed by atoms with Crippen molar-refractivity contribution in [2.75, 3.05) is 19.5 Å². The molecule has 0 aliphatic carbocycles. The molecule has 37 heavy (non-hydrogen) atoms. The molecule has 4 N–H and O–H groups in total. The van der Waals surface area contributed by atoms with Gasteiger partial charge in [0.2, 0.25) is 0 Å². The fourth-order valence-corrected chi connectivity index (χ4v) is 4.28. The van der Waals surface area contributed by atoms with Gasteiger partial charge in [-0.3, -0.25) is 14.3 Å². The third-order valence-electron chi connectivity index (χ3n) is 6.00. The Labute approximate surface area is 216 Å². The van der Waals surface area contributed by atoms with Crippen LogP contribution < -0.4 is 15.4 Å². The number of ether oxygens (including phenoxy) is 2. The maximum atomic E-state index is 12.1. The van der Waals surface area contributed by atoms with Crippen LogP contribution in [0.3, 0.4) is 0 Å². The van der Waals surface area contributed by atoms with Crippen molar-refractivity contribution in [3.05, 3.63) is 59.6 Å². The van der Waals surface area contributed by atoms with Crippen molar-refractivity contribution in [2.24, 2.45) is 0 Å². The minimum atomic E-state index is -1.44. The van der Waals surface area contributed by atoms with E-state index in [1.54, 1.807) is 19.4 Å². The van der Waals surface area contributed by atoms with Crippen LogP contribution in [0, 0.1) is 0 Å². The second-order valence-corrected chi connectivity index (χ2v) is 8.80. The number of likely N-dealkylation sites (N-methyl/N-ethyl adjacent to an activating group) is 1. The first-order valence-corrected chi connectivity index (χ1v) is 11.7. The molecule has 5 rings (SSSR count). The Morgan fingerprint density at radius 1 is 1.22 bits per heavy atom. The summed E-state index contributed by atoms with van der Waals surface area (Å²) in [7, 11) is 3.02. The van der Waals surface area contributed by atoms with Crippen molar-refractivity contribution in [2.45, 2.75) is 31.1 Å². The summed E-state index contributed by atoms with van der Waals surface area (Å²) in [5.74, 6) is 0.879. The summed E-state index contributed by atoms with van der Waals surface area (Å²) < 4.78 is 12.5. The number of aliphatic hydroxyl groups is 2. The lowest BCUT2D eigenvalue weighted by molar-refractivity contribution is -0.137. The molecule has 1 saturated heterocycles. The van der Waals surface area contributed by atoms with E-state index in [1.165, 1.54) is 24.1 Å². The maximum absolute atomic E-state index is 12.1. The molecule has 0 saturated carbocycles. The summed E-state index contributed by atoms with van der Waals surface area (Å²) in [6.45, 7) is 0.406. The molecule has 1 aromatic carbocycles. The van der Waals surface area contributed by atoms with Gasteiger partial charge in [0.05, 0.1) is 18.5 Å². The Morgan fingerprint density at radius 3 is 2.81 bits per heavy atom. The van der Waals surface area contributed by atoms with Crippen molar-refractivity contribution in [1.82, 2.24) is 29.8 Å². The van der Waals surface area contributed by atoms with E-state index in [1.807, 2.05) is 24.3 Å². The molecule has 3 aromatic heterocycles. The highest BCUT2D eigenvalue weighted by Crippen LogP contribution is 2.34. The van der Waals surface area contributed by atoms with E-state index < -0.39 is 30.4 Å². The monoisotopic (exact) mass is 525 g/mol. The SMILES string of the molecule is CNC(=O)C1OC(n2cnc3c(NCc4cccc(OC)c4)nc(-c4cncc(Cl)c4)nc32)C(O)C1O. The zero-order valence-corrected chi connectivity index (χ0v) is 20.6. The third-order valence-corrected chi connectivity index (χ3v) is 6.20. The Morgan fingerprint density at radius 2 is 2.05 bits per heavy atom. The van der Waals surface area contributed by atoms with Crippen LogP contribution in [0.15, 0.2) is 49.1 Å². The van der Waals surface area contributed by atoms with Gasteiger partial charge >= 0.3 is 0 Å². The van der Waals surface area contributed by atoms with Gasteiger partial charge in [0, 0.05) is 31.5 Å². The van der Waals surface area contributed by atoms with Crippen molar-refractivity contribution in [3.63, 3.8) is 0 Å². The Hall–Kier alpha value is -3.84. The quantitative estimate of drug-likeness (QED) is 0.279. The van der Waals surface area contributed by atoms with Gasteiger partial charge in [0.15, 0.2) is 35.1 Å². The Balaban J connectivity index is 1.57. The molecule has 12 nitrogen and oxygen atoms in total. The fourth-order valence-electron chi connectivity index (χ4n) is 4.11. The molecule has 192 valence electrons. The number of hydrogen-bond acceptors (Lipinski definition) is 10. The minimum Gasteiger partial charge on any atom is -0.497 e. The summed E-state index contributed by atoms with van der Waals surface area (Å²) in [5.41, 5.74) is 2.22. The first kappa shape index (κ1) is 24.8. The van der Waals surface area contributed by atoms with Crippen molar-refractivity contribution in [3.8, 4) is 17.1 Å². The average molecular weight is 526 g/mol. The number of aliphatic hydroxyl groups excluding tert-OH is 2. The van der Waals surface area contributed by atoms with Crippen LogP contribution >= 0.6 is 11.6 Å². The topological polar surface area (TPSA) is 157 Å². The number of nitrogens with one attached hydrogen (secondary N) is 2. The number of pyridine rings is 1. The zero-order chi connectivity index (χ0) is 26.1. The summed E-state index contributed by atoms with van der Waals surface area (Å²) in [4.78, 5) is 30.0. The van der Waals surface area contributed by atoms with Crippen LogP contribution in [0.4, 0.5) is 5.82 Å². The summed E-state index contributed by atoms with van der Waals surface area (Å²) in [6, 6.07) is 9.25. The van der Waals surface area contributed by atoms with Crippen molar-refractivity contribution < 1.29 is 24.5 Å². The molecule has 4 atom stereocenters. The van der Waals surface area contributed by atoms with Crippen LogP contribution in [0.5, 0.6) is 5.75 Å². The summed E-state index contributed by atoms with van der Waals surface area (Å²) in [6.07, 6.45) is -0.723. The number of imidazole rings is 1. The number of benzene rings is 1. The van der Waals surface area contributed by atoms with E-state index in [4.69, 9.17) is 21.1 Å². The molecule has 1 aliphatic heterocycles. The van der Waals surface area contributed by atoms with Gasteiger partial charge in [-0.15, -0.1) is 0 Å². The smallest absolute Gasteiger partial charge is 0.251 e. The number of rotatable bonds is 7. The summed E-state index contributed by atoms with van der Waals surface area (Å²) >= 11 is 6.15. The van der Waals surface area contributed by atoms with Gasteiger partial charge in [-0.05, 0) is 23.8 Å². The van der Waals surface area contributed by atoms with Gasteiger partial charge in [-0.25, -0.2) is 15.0 Å². The van der Waals surface area contributed by atoms with Gasteiger partial charge in [0.1, 0.15) is 18.0 Å². The molecule has 1 amide bonds. The van der Waals surface area contributed by atoms with Gasteiger partial charge in [-0.1, -0.05) is 23.7 Å². The van der Waals surface area contributed by atoms with E-state index in [0.29, 0.717) is 39.9 Å². The second kappa shape index (κ2) is 10.3. The average Bonchev–Trinajstić information content (AvgIpc) is 3.47. The van der Waals surface area contributed by atoms with Gasteiger partial charge < -0.3 is 30.3 Å². The van der Waals surface area contributed by atoms with Gasteiger partial charge in [-0.2, -0.15) is 0 Å². The molecule has 4 aromatic rings. The number of carbonyl (C=O) groups excluding carboxylic acids is 1. The number of fused-ring (bicyclic) bond motifs is 1. The van der Waals surface area contributed by atoms with E-state index in [-0.39, 0.29) is 0 Å². The van der Waals surface area contributed by atoms with E-state index in [9.17, 15) is 15.0 Å². The van der Waals surface area contributed by atoms with Gasteiger partial charge in [0.25, 0.3) is 5.91 Å². The number of aromatic nitrogens is 5. The van der Waals surface area contributed by atoms with Crippen LogP contribution in [0.25, 0.3) is 22.6 Å². The maximum Gasteiger partial charge on any atom is 0.251 e. The fraction of sp³-hybridized carbons (Fsp3) is 0.292. The number of anilines is 1. The molecular weight excluding hydrogens is 502 g/mol. The molecular formula is C24H24ClN7O5. The highest BCUT2D eigenvalue weighted by atomic mass is 35.5. The standard InChI is InChI=1S/C24H24ClN7O5/c1-26-23(35)19-17(33)18(34)24(37-19)32-11-29-16-21(28-8-12-4-3-5-15(6-12)36-2)30-20(31-22(16)32)13-7-14(25)10-27-9-13/h3-7,9-11,17-19,24,33-34H,8H2,1-2H3,(H,26,35)(H,28,30,31). The Kier molecular flexibility index (Phi) is 6.89. The number of carbonyl (C=O) groups is 1. The van der Waals surface area contributed by atoms with E-state index >= 15 is 0 Å². The molecule has 13 heteroatoms. The second-order valence-electron chi connectivity index (χ2n) is 8.36. The third kappa shape index (κ3) is 4.79. The minimum absolute atomic E-state index is 0.299. The Bertz CT molecular complexity index is 1450. The van der Waals surface area contributed by atoms with Crippen LogP contribution in [0.2, 0.25) is 5.02 Å². The number of methoxy groups -OCH3 is 1. The molecule has 4 heterocycles.